The number of benzene rings is 2. The van der Waals surface area contributed by atoms with Gasteiger partial charge in [0.1, 0.15) is 0 Å². The Morgan fingerprint density at radius 2 is 1.95 bits per heavy atom. The second-order valence-corrected chi connectivity index (χ2v) is 4.66. The van der Waals surface area contributed by atoms with Crippen molar-refractivity contribution in [2.24, 2.45) is 0 Å². The molecule has 5 heteroatoms. The molecule has 1 atom stereocenters. The SMILES string of the molecule is CC(Nc1cccc(Cl)c1)c1cccc([N+](=O)[O-])c1. The summed E-state index contributed by atoms with van der Waals surface area (Å²) in [6.45, 7) is 1.94. The Labute approximate surface area is 116 Å². The minimum Gasteiger partial charge on any atom is -0.378 e. The maximum absolute atomic E-state index is 10.7. The molecule has 0 aromatic heterocycles. The van der Waals surface area contributed by atoms with E-state index in [9.17, 15) is 10.1 Å². The summed E-state index contributed by atoms with van der Waals surface area (Å²) in [5, 5.41) is 14.7. The summed E-state index contributed by atoms with van der Waals surface area (Å²) in [6.07, 6.45) is 0. The molecule has 0 aliphatic carbocycles. The highest BCUT2D eigenvalue weighted by molar-refractivity contribution is 6.30. The predicted molar refractivity (Wildman–Crippen MR) is 76.6 cm³/mol. The molecule has 98 valence electrons. The van der Waals surface area contributed by atoms with Crippen molar-refractivity contribution in [2.45, 2.75) is 13.0 Å². The number of anilines is 1. The molecule has 4 nitrogen and oxygen atoms in total. The highest BCUT2D eigenvalue weighted by Gasteiger charge is 2.10. The van der Waals surface area contributed by atoms with Gasteiger partial charge in [-0.15, -0.1) is 0 Å². The molecular weight excluding hydrogens is 264 g/mol. The topological polar surface area (TPSA) is 55.2 Å². The Balaban J connectivity index is 2.18. The molecule has 0 aliphatic rings. The van der Waals surface area contributed by atoms with Gasteiger partial charge in [-0.3, -0.25) is 10.1 Å². The van der Waals surface area contributed by atoms with Crippen LogP contribution in [-0.2, 0) is 0 Å². The zero-order chi connectivity index (χ0) is 13.8. The number of hydrogen-bond donors (Lipinski definition) is 1. The summed E-state index contributed by atoms with van der Waals surface area (Å²) in [4.78, 5) is 10.4. The smallest absolute Gasteiger partial charge is 0.269 e. The van der Waals surface area contributed by atoms with Crippen molar-refractivity contribution >= 4 is 23.0 Å². The lowest BCUT2D eigenvalue weighted by Crippen LogP contribution is -2.06. The fourth-order valence-corrected chi connectivity index (χ4v) is 2.01. The van der Waals surface area contributed by atoms with Crippen LogP contribution in [0.4, 0.5) is 11.4 Å². The standard InChI is InChI=1S/C14H13ClN2O2/c1-10(16-13-6-3-5-12(15)9-13)11-4-2-7-14(8-11)17(18)19/h2-10,16H,1H3. The molecule has 0 amide bonds. The molecule has 0 radical (unpaired) electrons. The molecule has 0 saturated carbocycles. The van der Waals surface area contributed by atoms with Crippen molar-refractivity contribution in [2.75, 3.05) is 5.32 Å². The Bertz CT molecular complexity index is 602. The molecule has 1 N–H and O–H groups in total. The number of halogens is 1. The predicted octanol–water partition coefficient (Wildman–Crippen LogP) is 4.42. The fourth-order valence-electron chi connectivity index (χ4n) is 1.82. The first-order valence-electron chi connectivity index (χ1n) is 5.83. The van der Waals surface area contributed by atoms with Crippen LogP contribution in [0.1, 0.15) is 18.5 Å². The minimum absolute atomic E-state index is 0.0432. The average molecular weight is 277 g/mol. The van der Waals surface area contributed by atoms with Crippen molar-refractivity contribution in [3.63, 3.8) is 0 Å². The zero-order valence-electron chi connectivity index (χ0n) is 10.3. The quantitative estimate of drug-likeness (QED) is 0.664. The van der Waals surface area contributed by atoms with Gasteiger partial charge in [-0.1, -0.05) is 29.8 Å². The number of nitro benzene ring substituents is 1. The Morgan fingerprint density at radius 1 is 1.21 bits per heavy atom. The third-order valence-corrected chi connectivity index (χ3v) is 3.02. The summed E-state index contributed by atoms with van der Waals surface area (Å²) < 4.78 is 0. The summed E-state index contributed by atoms with van der Waals surface area (Å²) >= 11 is 5.91. The van der Waals surface area contributed by atoms with Gasteiger partial charge < -0.3 is 5.32 Å². The summed E-state index contributed by atoms with van der Waals surface area (Å²) in [5.41, 5.74) is 1.83. The van der Waals surface area contributed by atoms with E-state index in [0.29, 0.717) is 5.02 Å². The van der Waals surface area contributed by atoms with Crippen molar-refractivity contribution in [1.29, 1.82) is 0 Å². The molecule has 0 saturated heterocycles. The van der Waals surface area contributed by atoms with E-state index in [0.717, 1.165) is 11.3 Å². The molecule has 2 aromatic carbocycles. The van der Waals surface area contributed by atoms with Crippen molar-refractivity contribution in [1.82, 2.24) is 0 Å². The van der Waals surface area contributed by atoms with Gasteiger partial charge in [-0.2, -0.15) is 0 Å². The summed E-state index contributed by atoms with van der Waals surface area (Å²) in [5.74, 6) is 0. The third kappa shape index (κ3) is 3.45. The Morgan fingerprint density at radius 3 is 2.63 bits per heavy atom. The molecule has 0 fully saturated rings. The average Bonchev–Trinajstić information content (AvgIpc) is 2.39. The van der Waals surface area contributed by atoms with Crippen LogP contribution in [0.25, 0.3) is 0 Å². The first-order chi connectivity index (χ1) is 9.06. The van der Waals surface area contributed by atoms with Crippen molar-refractivity contribution in [3.05, 3.63) is 69.2 Å². The first-order valence-corrected chi connectivity index (χ1v) is 6.20. The van der Waals surface area contributed by atoms with Gasteiger partial charge in [0.25, 0.3) is 5.69 Å². The van der Waals surface area contributed by atoms with E-state index in [1.54, 1.807) is 18.2 Å². The van der Waals surface area contributed by atoms with Crippen LogP contribution < -0.4 is 5.32 Å². The van der Waals surface area contributed by atoms with E-state index in [1.807, 2.05) is 31.2 Å². The van der Waals surface area contributed by atoms with Gasteiger partial charge >= 0.3 is 0 Å². The van der Waals surface area contributed by atoms with E-state index >= 15 is 0 Å². The van der Waals surface area contributed by atoms with Crippen LogP contribution in [0.15, 0.2) is 48.5 Å². The van der Waals surface area contributed by atoms with E-state index in [-0.39, 0.29) is 11.7 Å². The number of nitrogens with one attached hydrogen (secondary N) is 1. The maximum Gasteiger partial charge on any atom is 0.269 e. The van der Waals surface area contributed by atoms with Crippen molar-refractivity contribution in [3.8, 4) is 0 Å². The molecule has 1 unspecified atom stereocenters. The molecule has 2 aromatic rings. The molecule has 0 bridgehead atoms. The van der Waals surface area contributed by atoms with Crippen LogP contribution in [0.3, 0.4) is 0 Å². The van der Waals surface area contributed by atoms with E-state index in [2.05, 4.69) is 5.32 Å². The molecule has 0 heterocycles. The largest absolute Gasteiger partial charge is 0.378 e. The van der Waals surface area contributed by atoms with Crippen molar-refractivity contribution < 1.29 is 4.92 Å². The lowest BCUT2D eigenvalue weighted by Gasteiger charge is -2.15. The third-order valence-electron chi connectivity index (χ3n) is 2.79. The molecule has 0 spiro atoms. The summed E-state index contributed by atoms with van der Waals surface area (Å²) in [7, 11) is 0. The molecule has 19 heavy (non-hydrogen) atoms. The van der Waals surface area contributed by atoms with E-state index in [1.165, 1.54) is 6.07 Å². The van der Waals surface area contributed by atoms with Gasteiger partial charge in [-0.25, -0.2) is 0 Å². The van der Waals surface area contributed by atoms with Crippen LogP contribution in [0.2, 0.25) is 5.02 Å². The van der Waals surface area contributed by atoms with Gasteiger partial charge in [-0.05, 0) is 30.7 Å². The number of nitrogens with zero attached hydrogens (tertiary/aromatic N) is 1. The molecule has 2 rings (SSSR count). The van der Waals surface area contributed by atoms with E-state index < -0.39 is 4.92 Å². The van der Waals surface area contributed by atoms with Gasteiger partial charge in [0.2, 0.25) is 0 Å². The Kier molecular flexibility index (Phi) is 4.02. The monoisotopic (exact) mass is 276 g/mol. The maximum atomic E-state index is 10.7. The lowest BCUT2D eigenvalue weighted by molar-refractivity contribution is -0.384. The van der Waals surface area contributed by atoms with Crippen LogP contribution >= 0.6 is 11.6 Å². The van der Waals surface area contributed by atoms with Gasteiger partial charge in [0.05, 0.1) is 4.92 Å². The van der Waals surface area contributed by atoms with Crippen LogP contribution in [-0.4, -0.2) is 4.92 Å². The highest BCUT2D eigenvalue weighted by atomic mass is 35.5. The zero-order valence-corrected chi connectivity index (χ0v) is 11.1. The number of rotatable bonds is 4. The van der Waals surface area contributed by atoms with Gasteiger partial charge in [0, 0.05) is 28.9 Å². The lowest BCUT2D eigenvalue weighted by atomic mass is 10.1. The normalized spacial score (nSPS) is 11.9. The molecular formula is C14H13ClN2O2. The number of non-ortho nitro benzene ring substituents is 1. The van der Waals surface area contributed by atoms with E-state index in [4.69, 9.17) is 11.6 Å². The second-order valence-electron chi connectivity index (χ2n) is 4.23. The highest BCUT2D eigenvalue weighted by Crippen LogP contribution is 2.24. The van der Waals surface area contributed by atoms with Crippen LogP contribution in [0, 0.1) is 10.1 Å². The fraction of sp³-hybridized carbons (Fsp3) is 0.143. The Hall–Kier alpha value is -2.07. The van der Waals surface area contributed by atoms with Gasteiger partial charge in [0.15, 0.2) is 0 Å². The summed E-state index contributed by atoms with van der Waals surface area (Å²) in [6, 6.07) is 13.9. The minimum atomic E-state index is -0.393. The molecule has 0 aliphatic heterocycles. The number of hydrogen-bond acceptors (Lipinski definition) is 3. The number of nitro groups is 1. The van der Waals surface area contributed by atoms with Crippen LogP contribution in [0.5, 0.6) is 0 Å². The first kappa shape index (κ1) is 13.4. The second kappa shape index (κ2) is 5.71.